The number of rotatable bonds is 9. The fourth-order valence-electron chi connectivity index (χ4n) is 3.26. The van der Waals surface area contributed by atoms with Crippen molar-refractivity contribution in [3.63, 3.8) is 0 Å². The van der Waals surface area contributed by atoms with Crippen LogP contribution in [0.2, 0.25) is 0 Å². The second kappa shape index (κ2) is 9.64. The molecule has 0 bridgehead atoms. The number of benzene rings is 1. The SMILES string of the molecule is CCOCCCC(=O)OC[C@@H]1CCN(C)[C@@H]1c1ccc(OC)cc1. The maximum absolute atomic E-state index is 11.9. The molecule has 5 heteroatoms. The van der Waals surface area contributed by atoms with Crippen LogP contribution in [-0.4, -0.2) is 51.4 Å². The van der Waals surface area contributed by atoms with Crippen LogP contribution in [0.1, 0.15) is 37.8 Å². The van der Waals surface area contributed by atoms with E-state index in [1.165, 1.54) is 5.56 Å². The Labute approximate surface area is 144 Å². The van der Waals surface area contributed by atoms with Gasteiger partial charge in [-0.2, -0.15) is 0 Å². The van der Waals surface area contributed by atoms with E-state index in [1.807, 2.05) is 19.1 Å². The summed E-state index contributed by atoms with van der Waals surface area (Å²) in [6.07, 6.45) is 2.19. The van der Waals surface area contributed by atoms with Gasteiger partial charge in [0, 0.05) is 31.6 Å². The summed E-state index contributed by atoms with van der Waals surface area (Å²) >= 11 is 0. The van der Waals surface area contributed by atoms with Gasteiger partial charge in [-0.25, -0.2) is 0 Å². The molecule has 1 heterocycles. The van der Waals surface area contributed by atoms with Gasteiger partial charge in [-0.1, -0.05) is 12.1 Å². The highest BCUT2D eigenvalue weighted by Gasteiger charge is 2.33. The summed E-state index contributed by atoms with van der Waals surface area (Å²) in [7, 11) is 3.79. The standard InChI is InChI=1S/C19H29NO4/c1-4-23-13-5-6-18(21)24-14-16-11-12-20(2)19(16)15-7-9-17(22-3)10-8-15/h7-10,16,19H,4-6,11-14H2,1-3H3/t16-,19+/m0/s1. The lowest BCUT2D eigenvalue weighted by Gasteiger charge is -2.25. The zero-order valence-corrected chi connectivity index (χ0v) is 15.0. The van der Waals surface area contributed by atoms with Gasteiger partial charge in [0.2, 0.25) is 0 Å². The number of methoxy groups -OCH3 is 1. The van der Waals surface area contributed by atoms with E-state index in [4.69, 9.17) is 14.2 Å². The quantitative estimate of drug-likeness (QED) is 0.513. The summed E-state index contributed by atoms with van der Waals surface area (Å²) in [5, 5.41) is 0. The number of nitrogens with zero attached hydrogens (tertiary/aromatic N) is 1. The van der Waals surface area contributed by atoms with Crippen molar-refractivity contribution >= 4 is 5.97 Å². The zero-order valence-electron chi connectivity index (χ0n) is 15.0. The summed E-state index contributed by atoms with van der Waals surface area (Å²) in [6.45, 7) is 4.76. The van der Waals surface area contributed by atoms with Crippen LogP contribution in [0.25, 0.3) is 0 Å². The Morgan fingerprint density at radius 3 is 2.71 bits per heavy atom. The van der Waals surface area contributed by atoms with E-state index in [-0.39, 0.29) is 12.0 Å². The van der Waals surface area contributed by atoms with Crippen molar-refractivity contribution in [2.75, 3.05) is 40.5 Å². The molecule has 2 atom stereocenters. The summed E-state index contributed by atoms with van der Waals surface area (Å²) < 4.78 is 16.0. The van der Waals surface area contributed by atoms with Gasteiger partial charge in [-0.05, 0) is 51.1 Å². The van der Waals surface area contributed by atoms with E-state index in [1.54, 1.807) is 7.11 Å². The Balaban J connectivity index is 1.85. The van der Waals surface area contributed by atoms with Gasteiger partial charge in [0.05, 0.1) is 13.7 Å². The molecule has 0 radical (unpaired) electrons. The van der Waals surface area contributed by atoms with Crippen LogP contribution in [0, 0.1) is 5.92 Å². The van der Waals surface area contributed by atoms with Crippen LogP contribution >= 0.6 is 0 Å². The third kappa shape index (κ3) is 5.21. The summed E-state index contributed by atoms with van der Waals surface area (Å²) in [5.41, 5.74) is 1.24. The van der Waals surface area contributed by atoms with Crippen molar-refractivity contribution in [1.29, 1.82) is 0 Å². The molecule has 2 rings (SSSR count). The molecule has 0 aliphatic carbocycles. The molecule has 0 amide bonds. The molecule has 24 heavy (non-hydrogen) atoms. The lowest BCUT2D eigenvalue weighted by molar-refractivity contribution is -0.145. The van der Waals surface area contributed by atoms with Crippen molar-refractivity contribution in [1.82, 2.24) is 4.90 Å². The molecule has 0 aromatic heterocycles. The molecule has 0 unspecified atom stereocenters. The van der Waals surface area contributed by atoms with Crippen molar-refractivity contribution in [3.05, 3.63) is 29.8 Å². The molecule has 0 saturated carbocycles. The molecule has 134 valence electrons. The Kier molecular flexibility index (Phi) is 7.53. The summed E-state index contributed by atoms with van der Waals surface area (Å²) in [5.74, 6) is 1.06. The third-order valence-corrected chi connectivity index (χ3v) is 4.56. The average Bonchev–Trinajstić information content (AvgIpc) is 2.97. The van der Waals surface area contributed by atoms with E-state index in [2.05, 4.69) is 24.1 Å². The van der Waals surface area contributed by atoms with Gasteiger partial charge >= 0.3 is 5.97 Å². The Hall–Kier alpha value is -1.59. The van der Waals surface area contributed by atoms with Crippen molar-refractivity contribution in [3.8, 4) is 5.75 Å². The first-order chi connectivity index (χ1) is 11.7. The van der Waals surface area contributed by atoms with E-state index in [0.717, 1.165) is 25.1 Å². The monoisotopic (exact) mass is 335 g/mol. The summed E-state index contributed by atoms with van der Waals surface area (Å²) in [6, 6.07) is 8.45. The van der Waals surface area contributed by atoms with Gasteiger partial charge < -0.3 is 14.2 Å². The molecule has 1 aliphatic heterocycles. The number of carbonyl (C=O) groups excluding carboxylic acids is 1. The highest BCUT2D eigenvalue weighted by atomic mass is 16.5. The Morgan fingerprint density at radius 1 is 1.29 bits per heavy atom. The first-order valence-electron chi connectivity index (χ1n) is 8.73. The number of likely N-dealkylation sites (tertiary alicyclic amines) is 1. The predicted octanol–water partition coefficient (Wildman–Crippen LogP) is 3.05. The topological polar surface area (TPSA) is 48.0 Å². The first-order valence-corrected chi connectivity index (χ1v) is 8.73. The molecule has 1 aliphatic rings. The van der Waals surface area contributed by atoms with Crippen LogP contribution in [-0.2, 0) is 14.3 Å². The minimum atomic E-state index is -0.127. The van der Waals surface area contributed by atoms with Gasteiger partial charge in [-0.3, -0.25) is 9.69 Å². The third-order valence-electron chi connectivity index (χ3n) is 4.56. The smallest absolute Gasteiger partial charge is 0.305 e. The maximum atomic E-state index is 11.9. The Morgan fingerprint density at radius 2 is 2.04 bits per heavy atom. The van der Waals surface area contributed by atoms with Gasteiger partial charge in [-0.15, -0.1) is 0 Å². The molecular formula is C19H29NO4. The fraction of sp³-hybridized carbons (Fsp3) is 0.632. The normalized spacial score (nSPS) is 21.0. The van der Waals surface area contributed by atoms with E-state index >= 15 is 0 Å². The predicted molar refractivity (Wildman–Crippen MR) is 93.2 cm³/mol. The highest BCUT2D eigenvalue weighted by Crippen LogP contribution is 2.36. The largest absolute Gasteiger partial charge is 0.497 e. The number of hydrogen-bond donors (Lipinski definition) is 0. The second-order valence-corrected chi connectivity index (χ2v) is 6.23. The minimum absolute atomic E-state index is 0.127. The molecule has 1 fully saturated rings. The number of carbonyl (C=O) groups is 1. The van der Waals surface area contributed by atoms with Gasteiger partial charge in [0.25, 0.3) is 0 Å². The number of hydrogen-bond acceptors (Lipinski definition) is 5. The van der Waals surface area contributed by atoms with Gasteiger partial charge in [0.1, 0.15) is 5.75 Å². The average molecular weight is 335 g/mol. The number of ether oxygens (including phenoxy) is 3. The molecular weight excluding hydrogens is 306 g/mol. The van der Waals surface area contributed by atoms with Crippen molar-refractivity contribution in [2.45, 2.75) is 32.2 Å². The lowest BCUT2D eigenvalue weighted by Crippen LogP contribution is -2.24. The highest BCUT2D eigenvalue weighted by molar-refractivity contribution is 5.69. The molecule has 0 N–H and O–H groups in total. The van der Waals surface area contributed by atoms with Crippen LogP contribution in [0.4, 0.5) is 0 Å². The Bertz CT molecular complexity index is 503. The van der Waals surface area contributed by atoms with Crippen molar-refractivity contribution in [2.24, 2.45) is 5.92 Å². The zero-order chi connectivity index (χ0) is 17.4. The van der Waals surface area contributed by atoms with Crippen molar-refractivity contribution < 1.29 is 19.0 Å². The second-order valence-electron chi connectivity index (χ2n) is 6.23. The first kappa shape index (κ1) is 18.7. The maximum Gasteiger partial charge on any atom is 0.305 e. The molecule has 1 aromatic carbocycles. The van der Waals surface area contributed by atoms with Crippen LogP contribution in [0.3, 0.4) is 0 Å². The fourth-order valence-corrected chi connectivity index (χ4v) is 3.26. The van der Waals surface area contributed by atoms with Crippen LogP contribution in [0.15, 0.2) is 24.3 Å². The molecule has 5 nitrogen and oxygen atoms in total. The summed E-state index contributed by atoms with van der Waals surface area (Å²) in [4.78, 5) is 14.2. The van der Waals surface area contributed by atoms with Crippen LogP contribution in [0.5, 0.6) is 5.75 Å². The van der Waals surface area contributed by atoms with Crippen LogP contribution < -0.4 is 4.74 Å². The number of esters is 1. The molecule has 0 spiro atoms. The molecule has 1 saturated heterocycles. The minimum Gasteiger partial charge on any atom is -0.497 e. The van der Waals surface area contributed by atoms with E-state index in [0.29, 0.717) is 32.2 Å². The lowest BCUT2D eigenvalue weighted by atomic mass is 9.94. The van der Waals surface area contributed by atoms with Gasteiger partial charge in [0.15, 0.2) is 0 Å². The molecule has 1 aromatic rings. The van der Waals surface area contributed by atoms with E-state index < -0.39 is 0 Å². The van der Waals surface area contributed by atoms with E-state index in [9.17, 15) is 4.79 Å².